The van der Waals surface area contributed by atoms with Crippen LogP contribution in [0.2, 0.25) is 0 Å². The van der Waals surface area contributed by atoms with Gasteiger partial charge in [-0.05, 0) is 23.3 Å². The number of halogens is 6. The Balaban J connectivity index is 1.79. The molecule has 3 aromatic rings. The summed E-state index contributed by atoms with van der Waals surface area (Å²) in [4.78, 5) is 15.3. The molecule has 48 heavy (non-hydrogen) atoms. The summed E-state index contributed by atoms with van der Waals surface area (Å²) < 4.78 is 83.7. The highest BCUT2D eigenvalue weighted by molar-refractivity contribution is 6.29. The minimum Gasteiger partial charge on any atom is -0.402 e. The molecule has 2 aliphatic rings. The van der Waals surface area contributed by atoms with Crippen LogP contribution in [-0.2, 0) is 0 Å². The summed E-state index contributed by atoms with van der Waals surface area (Å²) in [6.45, 7) is 0. The highest BCUT2D eigenvalue weighted by Gasteiger charge is 2.39. The second-order valence-corrected chi connectivity index (χ2v) is 9.19. The number of fused-ring (bicyclic) bond motifs is 2. The van der Waals surface area contributed by atoms with Crippen molar-refractivity contribution in [2.75, 3.05) is 0 Å². The van der Waals surface area contributed by atoms with Crippen molar-refractivity contribution in [1.82, 2.24) is 19.9 Å². The number of aromatic nitrogens is 4. The van der Waals surface area contributed by atoms with Crippen LogP contribution in [-0.4, -0.2) is 32.7 Å². The molecule has 0 bridgehead atoms. The fraction of sp³-hybridized carbons (Fsp3) is 0.0667. The molecule has 0 amide bonds. The van der Waals surface area contributed by atoms with Crippen LogP contribution in [0, 0.1) is 68.0 Å². The van der Waals surface area contributed by atoms with E-state index in [0.29, 0.717) is 24.8 Å². The average molecular weight is 652 g/mol. The number of nitriles is 6. The van der Waals surface area contributed by atoms with Crippen LogP contribution < -0.4 is 9.47 Å². The molecule has 0 saturated heterocycles. The molecule has 5 rings (SSSR count). The molecule has 0 unspecified atom stereocenters. The number of hydrogen-bond acceptors (Lipinski definition) is 12. The lowest BCUT2D eigenvalue weighted by atomic mass is 9.91. The van der Waals surface area contributed by atoms with Crippen molar-refractivity contribution in [2.45, 2.75) is 12.7 Å². The van der Waals surface area contributed by atoms with Gasteiger partial charge in [-0.3, -0.25) is 0 Å². The van der Waals surface area contributed by atoms with Gasteiger partial charge in [0.2, 0.25) is 0 Å². The Hall–Kier alpha value is -7.54. The number of nitrogens with zero attached hydrogens (tertiary/aromatic N) is 10. The molecule has 0 saturated carbocycles. The molecule has 0 N–H and O–H groups in total. The third-order valence-corrected chi connectivity index (χ3v) is 6.58. The molecule has 1 aromatic carbocycles. The second-order valence-electron chi connectivity index (χ2n) is 9.19. The van der Waals surface area contributed by atoms with Crippen LogP contribution in [0.1, 0.15) is 33.9 Å². The summed E-state index contributed by atoms with van der Waals surface area (Å²) in [7, 11) is 0. The topological polar surface area (TPSA) is 213 Å². The molecule has 0 aliphatic heterocycles. The predicted molar refractivity (Wildman–Crippen MR) is 145 cm³/mol. The van der Waals surface area contributed by atoms with E-state index in [1.54, 1.807) is 24.3 Å². The van der Waals surface area contributed by atoms with Crippen LogP contribution in [0.25, 0.3) is 33.4 Å². The number of ether oxygens (including phenoxy) is 2. The molecule has 0 spiro atoms. The first-order chi connectivity index (χ1) is 22.8. The van der Waals surface area contributed by atoms with Crippen molar-refractivity contribution < 1.29 is 35.8 Å². The number of hydrogen-bond donors (Lipinski definition) is 0. The second kappa shape index (κ2) is 11.8. The van der Waals surface area contributed by atoms with Gasteiger partial charge < -0.3 is 9.47 Å². The minimum atomic E-state index is -5.07. The van der Waals surface area contributed by atoms with E-state index in [2.05, 4.69) is 29.4 Å². The first-order valence-electron chi connectivity index (χ1n) is 12.5. The summed E-state index contributed by atoms with van der Waals surface area (Å²) in [6.07, 6.45) is -7.54. The Kier molecular flexibility index (Phi) is 7.81. The Morgan fingerprint density at radius 3 is 1.10 bits per heavy atom. The monoisotopic (exact) mass is 652 g/mol. The van der Waals surface area contributed by atoms with Gasteiger partial charge in [-0.2, -0.15) is 31.6 Å². The first-order valence-corrected chi connectivity index (χ1v) is 12.5. The molecule has 2 aliphatic carbocycles. The van der Waals surface area contributed by atoms with E-state index in [1.807, 2.05) is 12.1 Å². The molecule has 2 heterocycles. The lowest BCUT2D eigenvalue weighted by Crippen LogP contribution is -2.17. The van der Waals surface area contributed by atoms with Gasteiger partial charge in [-0.25, -0.2) is 19.9 Å². The van der Waals surface area contributed by atoms with E-state index >= 15 is 0 Å². The quantitative estimate of drug-likeness (QED) is 0.250. The summed E-state index contributed by atoms with van der Waals surface area (Å²) in [5.41, 5.74) is -2.65. The maximum Gasteiger partial charge on any atom is 0.573 e. The zero-order valence-corrected chi connectivity index (χ0v) is 23.0. The van der Waals surface area contributed by atoms with Crippen molar-refractivity contribution in [3.05, 3.63) is 82.0 Å². The van der Waals surface area contributed by atoms with E-state index in [1.165, 1.54) is 12.1 Å². The molecule has 230 valence electrons. The molecule has 0 atom stereocenters. The van der Waals surface area contributed by atoms with Crippen LogP contribution in [0.4, 0.5) is 26.3 Å². The Morgan fingerprint density at radius 2 is 0.833 bits per heavy atom. The van der Waals surface area contributed by atoms with E-state index in [0.717, 1.165) is 0 Å². The SMILES string of the molecule is N#CC(C#N)=C1C(c2ncc(OC(F)(F)F)cn2)=C(C#N)c2cc3c(cc21)C(=C(C#N)C#N)C(c1ncc(OC(F)(F)F)cn1)=C3C#N. The van der Waals surface area contributed by atoms with E-state index in [-0.39, 0.29) is 67.3 Å². The van der Waals surface area contributed by atoms with Crippen molar-refractivity contribution in [3.63, 3.8) is 0 Å². The molecular formula is C30H6F6N10O2. The zero-order chi connectivity index (χ0) is 35.0. The van der Waals surface area contributed by atoms with Gasteiger partial charge in [0.05, 0.1) is 35.9 Å². The normalized spacial score (nSPS) is 13.2. The smallest absolute Gasteiger partial charge is 0.402 e. The number of allylic oxidation sites excluding steroid dienone is 8. The molecular weight excluding hydrogens is 646 g/mol. The number of benzene rings is 1. The predicted octanol–water partition coefficient (Wildman–Crippen LogP) is 5.56. The lowest BCUT2D eigenvalue weighted by molar-refractivity contribution is -0.275. The van der Waals surface area contributed by atoms with Gasteiger partial charge >= 0.3 is 12.7 Å². The third kappa shape index (κ3) is 5.57. The van der Waals surface area contributed by atoms with Crippen LogP contribution in [0.3, 0.4) is 0 Å². The fourth-order valence-corrected chi connectivity index (χ4v) is 4.95. The van der Waals surface area contributed by atoms with Gasteiger partial charge in [0.25, 0.3) is 0 Å². The third-order valence-electron chi connectivity index (χ3n) is 6.58. The van der Waals surface area contributed by atoms with Crippen molar-refractivity contribution >= 4 is 33.4 Å². The van der Waals surface area contributed by atoms with Crippen LogP contribution >= 0.6 is 0 Å². The highest BCUT2D eigenvalue weighted by Crippen LogP contribution is 2.53. The van der Waals surface area contributed by atoms with E-state index in [9.17, 15) is 57.9 Å². The molecule has 0 radical (unpaired) electrons. The minimum absolute atomic E-state index is 0.00197. The van der Waals surface area contributed by atoms with E-state index in [4.69, 9.17) is 0 Å². The maximum absolute atomic E-state index is 12.7. The Bertz CT molecular complexity index is 2120. The summed E-state index contributed by atoms with van der Waals surface area (Å²) in [5, 5.41) is 59.7. The van der Waals surface area contributed by atoms with Gasteiger partial charge in [-0.1, -0.05) is 0 Å². The Labute approximate surface area is 263 Å². The largest absolute Gasteiger partial charge is 0.573 e. The lowest BCUT2D eigenvalue weighted by Gasteiger charge is -2.11. The van der Waals surface area contributed by atoms with Crippen molar-refractivity contribution in [3.8, 4) is 47.9 Å². The molecule has 0 fully saturated rings. The highest BCUT2D eigenvalue weighted by atomic mass is 19.4. The zero-order valence-electron chi connectivity index (χ0n) is 23.0. The molecule has 18 heteroatoms. The standard InChI is InChI=1S/C30H6F6N10O2/c31-29(32,33)47-15-9-43-27(44-10-15)25-21(7-41)17-1-18-20(2-19(17)23(25)13(3-37)4-38)24(14(5-39)6-40)26(22(18)8-42)28-45-11-16(12-46-28)48-30(34,35)36/h1-2,9-12H. The number of rotatable bonds is 4. The van der Waals surface area contributed by atoms with Gasteiger partial charge in [0, 0.05) is 33.4 Å². The fourth-order valence-electron chi connectivity index (χ4n) is 4.95. The van der Waals surface area contributed by atoms with Crippen LogP contribution in [0.15, 0.2) is 48.1 Å². The van der Waals surface area contributed by atoms with Gasteiger partial charge in [0.1, 0.15) is 47.6 Å². The maximum atomic E-state index is 12.7. The molecule has 2 aromatic heterocycles. The van der Waals surface area contributed by atoms with Crippen molar-refractivity contribution in [1.29, 1.82) is 31.6 Å². The Morgan fingerprint density at radius 1 is 0.521 bits per heavy atom. The average Bonchev–Trinajstić information content (AvgIpc) is 3.52. The summed E-state index contributed by atoms with van der Waals surface area (Å²) in [6, 6.07) is 13.0. The number of alkyl halides is 6. The summed E-state index contributed by atoms with van der Waals surface area (Å²) >= 11 is 0. The van der Waals surface area contributed by atoms with E-state index < -0.39 is 35.4 Å². The van der Waals surface area contributed by atoms with Gasteiger partial charge in [0.15, 0.2) is 23.1 Å². The van der Waals surface area contributed by atoms with Crippen LogP contribution in [0.5, 0.6) is 11.5 Å². The van der Waals surface area contributed by atoms with Gasteiger partial charge in [-0.15, -0.1) is 26.3 Å². The van der Waals surface area contributed by atoms with Crippen molar-refractivity contribution in [2.24, 2.45) is 0 Å². The first kappa shape index (κ1) is 31.9. The molecule has 12 nitrogen and oxygen atoms in total. The summed E-state index contributed by atoms with van der Waals surface area (Å²) in [5.74, 6) is -2.38.